The lowest BCUT2D eigenvalue weighted by atomic mass is 9.92. The normalized spacial score (nSPS) is 33.4. The Hall–Kier alpha value is -0.830. The van der Waals surface area contributed by atoms with Crippen LogP contribution in [0.15, 0.2) is 12.2 Å². The molecule has 2 aliphatic rings. The van der Waals surface area contributed by atoms with E-state index in [1.165, 1.54) is 6.42 Å². The Balaban J connectivity index is 1.79. The monoisotopic (exact) mass is 222 g/mol. The van der Waals surface area contributed by atoms with Crippen LogP contribution in [-0.2, 0) is 4.79 Å². The lowest BCUT2D eigenvalue weighted by Crippen LogP contribution is -2.43. The fourth-order valence-corrected chi connectivity index (χ4v) is 2.67. The van der Waals surface area contributed by atoms with E-state index in [-0.39, 0.29) is 17.9 Å². The molecule has 4 atom stereocenters. The second-order valence-electron chi connectivity index (χ2n) is 5.54. The molecular weight excluding hydrogens is 200 g/mol. The van der Waals surface area contributed by atoms with Crippen molar-refractivity contribution in [2.24, 2.45) is 29.4 Å². The molecule has 0 radical (unpaired) electrons. The van der Waals surface area contributed by atoms with Gasteiger partial charge in [-0.2, -0.15) is 0 Å². The van der Waals surface area contributed by atoms with Crippen LogP contribution in [-0.4, -0.2) is 18.5 Å². The third-order valence-corrected chi connectivity index (χ3v) is 3.98. The van der Waals surface area contributed by atoms with Crippen LogP contribution in [0, 0.1) is 23.7 Å². The summed E-state index contributed by atoms with van der Waals surface area (Å²) in [5.74, 6) is 1.96. The molecule has 16 heavy (non-hydrogen) atoms. The SMILES string of the molecule is CC(C)C(N)CNC(=O)C1CC2C=CC1C2. The second kappa shape index (κ2) is 4.58. The Morgan fingerprint density at radius 2 is 2.19 bits per heavy atom. The third kappa shape index (κ3) is 2.29. The zero-order valence-corrected chi connectivity index (χ0v) is 10.1. The van der Waals surface area contributed by atoms with E-state index in [1.807, 2.05) is 0 Å². The molecule has 2 rings (SSSR count). The highest BCUT2D eigenvalue weighted by atomic mass is 16.1. The fourth-order valence-electron chi connectivity index (χ4n) is 2.67. The van der Waals surface area contributed by atoms with Crippen LogP contribution in [0.4, 0.5) is 0 Å². The minimum absolute atomic E-state index is 0.0677. The molecule has 0 aromatic heterocycles. The van der Waals surface area contributed by atoms with Gasteiger partial charge in [-0.05, 0) is 30.6 Å². The summed E-state index contributed by atoms with van der Waals surface area (Å²) in [5.41, 5.74) is 5.91. The molecule has 1 saturated carbocycles. The second-order valence-corrected chi connectivity index (χ2v) is 5.54. The minimum Gasteiger partial charge on any atom is -0.354 e. The van der Waals surface area contributed by atoms with Gasteiger partial charge in [-0.1, -0.05) is 26.0 Å². The van der Waals surface area contributed by atoms with Gasteiger partial charge in [0.25, 0.3) is 0 Å². The van der Waals surface area contributed by atoms with Crippen LogP contribution in [0.5, 0.6) is 0 Å². The first kappa shape index (κ1) is 11.6. The lowest BCUT2D eigenvalue weighted by Gasteiger charge is -2.21. The number of fused-ring (bicyclic) bond motifs is 2. The highest BCUT2D eigenvalue weighted by molar-refractivity contribution is 5.80. The van der Waals surface area contributed by atoms with Gasteiger partial charge in [-0.3, -0.25) is 4.79 Å². The first-order valence-corrected chi connectivity index (χ1v) is 6.29. The molecule has 1 amide bonds. The fraction of sp³-hybridized carbons (Fsp3) is 0.769. The van der Waals surface area contributed by atoms with Crippen molar-refractivity contribution < 1.29 is 4.79 Å². The summed E-state index contributed by atoms with van der Waals surface area (Å²) in [4.78, 5) is 12.0. The van der Waals surface area contributed by atoms with Crippen molar-refractivity contribution in [3.05, 3.63) is 12.2 Å². The molecule has 0 aromatic rings. The summed E-state index contributed by atoms with van der Waals surface area (Å²) in [6.07, 6.45) is 6.67. The number of allylic oxidation sites excluding steroid dienone is 2. The van der Waals surface area contributed by atoms with Gasteiger partial charge in [-0.25, -0.2) is 0 Å². The average molecular weight is 222 g/mol. The van der Waals surface area contributed by atoms with Gasteiger partial charge in [0.1, 0.15) is 0 Å². The molecule has 3 N–H and O–H groups in total. The van der Waals surface area contributed by atoms with E-state index in [0.717, 1.165) is 6.42 Å². The van der Waals surface area contributed by atoms with E-state index >= 15 is 0 Å². The van der Waals surface area contributed by atoms with Crippen LogP contribution in [0.2, 0.25) is 0 Å². The zero-order valence-electron chi connectivity index (χ0n) is 10.1. The summed E-state index contributed by atoms with van der Waals surface area (Å²) in [5, 5.41) is 2.99. The van der Waals surface area contributed by atoms with Crippen molar-refractivity contribution in [3.8, 4) is 0 Å². The smallest absolute Gasteiger partial charge is 0.223 e. The van der Waals surface area contributed by atoms with Gasteiger partial charge in [0.05, 0.1) is 0 Å². The van der Waals surface area contributed by atoms with E-state index in [1.54, 1.807) is 0 Å². The predicted molar refractivity (Wildman–Crippen MR) is 64.7 cm³/mol. The molecule has 0 aromatic carbocycles. The van der Waals surface area contributed by atoms with Crippen molar-refractivity contribution >= 4 is 5.91 Å². The maximum Gasteiger partial charge on any atom is 0.223 e. The van der Waals surface area contributed by atoms with Crippen LogP contribution in [0.25, 0.3) is 0 Å². The van der Waals surface area contributed by atoms with Gasteiger partial charge in [0.2, 0.25) is 5.91 Å². The number of hydrogen-bond donors (Lipinski definition) is 2. The van der Waals surface area contributed by atoms with E-state index in [0.29, 0.717) is 24.3 Å². The van der Waals surface area contributed by atoms with Gasteiger partial charge in [0.15, 0.2) is 0 Å². The maximum atomic E-state index is 12.0. The molecule has 2 bridgehead atoms. The summed E-state index contributed by atoms with van der Waals surface area (Å²) in [7, 11) is 0. The number of rotatable bonds is 4. The molecular formula is C13H22N2O. The summed E-state index contributed by atoms with van der Waals surface area (Å²) in [6.45, 7) is 4.77. The average Bonchev–Trinajstić information content (AvgIpc) is 2.86. The van der Waals surface area contributed by atoms with E-state index in [4.69, 9.17) is 5.73 Å². The predicted octanol–water partition coefficient (Wildman–Crippen LogP) is 1.30. The van der Waals surface area contributed by atoms with E-state index in [9.17, 15) is 4.79 Å². The number of amides is 1. The Morgan fingerprint density at radius 1 is 1.44 bits per heavy atom. The molecule has 3 heteroatoms. The van der Waals surface area contributed by atoms with Crippen LogP contribution >= 0.6 is 0 Å². The quantitative estimate of drug-likeness (QED) is 0.704. The van der Waals surface area contributed by atoms with E-state index < -0.39 is 0 Å². The minimum atomic E-state index is 0.0677. The van der Waals surface area contributed by atoms with Gasteiger partial charge < -0.3 is 11.1 Å². The molecule has 0 saturated heterocycles. The topological polar surface area (TPSA) is 55.1 Å². The molecule has 0 heterocycles. The number of hydrogen-bond acceptors (Lipinski definition) is 2. The van der Waals surface area contributed by atoms with Gasteiger partial charge in [-0.15, -0.1) is 0 Å². The van der Waals surface area contributed by atoms with Crippen molar-refractivity contribution in [1.82, 2.24) is 5.32 Å². The molecule has 3 nitrogen and oxygen atoms in total. The zero-order chi connectivity index (χ0) is 11.7. The first-order valence-electron chi connectivity index (χ1n) is 6.29. The lowest BCUT2D eigenvalue weighted by molar-refractivity contribution is -0.125. The standard InChI is InChI=1S/C13H22N2O/c1-8(2)12(14)7-15-13(16)11-6-9-3-4-10(11)5-9/h3-4,8-12H,5-7,14H2,1-2H3,(H,15,16). The molecule has 0 spiro atoms. The van der Waals surface area contributed by atoms with Crippen LogP contribution in [0.1, 0.15) is 26.7 Å². The number of nitrogens with two attached hydrogens (primary N) is 1. The van der Waals surface area contributed by atoms with Crippen molar-refractivity contribution in [2.45, 2.75) is 32.7 Å². The Morgan fingerprint density at radius 3 is 2.69 bits per heavy atom. The molecule has 0 aliphatic heterocycles. The largest absolute Gasteiger partial charge is 0.354 e. The number of carbonyl (C=O) groups is 1. The van der Waals surface area contributed by atoms with Crippen LogP contribution < -0.4 is 11.1 Å². The number of carbonyl (C=O) groups excluding carboxylic acids is 1. The third-order valence-electron chi connectivity index (χ3n) is 3.98. The van der Waals surface area contributed by atoms with Crippen molar-refractivity contribution in [3.63, 3.8) is 0 Å². The number of nitrogens with one attached hydrogen (secondary N) is 1. The van der Waals surface area contributed by atoms with Crippen molar-refractivity contribution in [2.75, 3.05) is 6.54 Å². The summed E-state index contributed by atoms with van der Waals surface area (Å²) < 4.78 is 0. The molecule has 90 valence electrons. The van der Waals surface area contributed by atoms with Gasteiger partial charge in [0, 0.05) is 18.5 Å². The summed E-state index contributed by atoms with van der Waals surface area (Å²) >= 11 is 0. The highest BCUT2D eigenvalue weighted by Crippen LogP contribution is 2.43. The Kier molecular flexibility index (Phi) is 3.33. The first-order chi connectivity index (χ1) is 7.58. The Labute approximate surface area is 97.5 Å². The molecule has 2 aliphatic carbocycles. The van der Waals surface area contributed by atoms with Gasteiger partial charge >= 0.3 is 0 Å². The summed E-state index contributed by atoms with van der Waals surface area (Å²) in [6, 6.07) is 0.0677. The maximum absolute atomic E-state index is 12.0. The Bertz CT molecular complexity index is 298. The van der Waals surface area contributed by atoms with E-state index in [2.05, 4.69) is 31.3 Å². The molecule has 1 fully saturated rings. The highest BCUT2D eigenvalue weighted by Gasteiger charge is 2.39. The van der Waals surface area contributed by atoms with Crippen molar-refractivity contribution in [1.29, 1.82) is 0 Å². The van der Waals surface area contributed by atoms with Crippen LogP contribution in [0.3, 0.4) is 0 Å². The molecule has 4 unspecified atom stereocenters.